The summed E-state index contributed by atoms with van der Waals surface area (Å²) >= 11 is 3.33. The van der Waals surface area contributed by atoms with Gasteiger partial charge in [-0.3, -0.25) is 9.48 Å². The van der Waals surface area contributed by atoms with Gasteiger partial charge in [0, 0.05) is 41.2 Å². The largest absolute Gasteiger partial charge is 0.434 e. The highest BCUT2D eigenvalue weighted by molar-refractivity contribution is 9.10. The van der Waals surface area contributed by atoms with E-state index in [9.17, 15) is 13.6 Å². The lowest BCUT2D eigenvalue weighted by Gasteiger charge is -2.11. The second-order valence-electron chi connectivity index (χ2n) is 6.06. The van der Waals surface area contributed by atoms with Crippen molar-refractivity contribution in [3.05, 3.63) is 52.9 Å². The number of alkyl halides is 2. The van der Waals surface area contributed by atoms with E-state index in [1.807, 2.05) is 0 Å². The van der Waals surface area contributed by atoms with Crippen LogP contribution in [0.15, 0.2) is 47.3 Å². The van der Waals surface area contributed by atoms with Crippen LogP contribution in [0.25, 0.3) is 28.2 Å². The molecule has 8 nitrogen and oxygen atoms in total. The van der Waals surface area contributed by atoms with Crippen molar-refractivity contribution in [3.63, 3.8) is 0 Å². The van der Waals surface area contributed by atoms with Crippen molar-refractivity contribution in [2.75, 3.05) is 0 Å². The van der Waals surface area contributed by atoms with Crippen LogP contribution in [0, 0.1) is 0 Å². The maximum absolute atomic E-state index is 12.9. The Morgan fingerprint density at radius 3 is 2.76 bits per heavy atom. The maximum Gasteiger partial charge on any atom is 0.387 e. The highest BCUT2D eigenvalue weighted by Crippen LogP contribution is 2.39. The minimum Gasteiger partial charge on any atom is -0.434 e. The third kappa shape index (κ3) is 3.44. The van der Waals surface area contributed by atoms with Gasteiger partial charge in [0.1, 0.15) is 22.7 Å². The Labute approximate surface area is 171 Å². The molecule has 1 aromatic carbocycles. The van der Waals surface area contributed by atoms with Gasteiger partial charge in [-0.15, -0.1) is 0 Å². The summed E-state index contributed by atoms with van der Waals surface area (Å²) in [6.45, 7) is -3.01. The molecule has 11 heteroatoms. The molecule has 0 fully saturated rings. The second-order valence-corrected chi connectivity index (χ2v) is 6.98. The zero-order chi connectivity index (χ0) is 20.7. The monoisotopic (exact) mass is 462 g/mol. The Morgan fingerprint density at radius 2 is 2.03 bits per heavy atom. The molecule has 0 saturated heterocycles. The van der Waals surface area contributed by atoms with Crippen LogP contribution >= 0.6 is 15.9 Å². The maximum atomic E-state index is 12.9. The summed E-state index contributed by atoms with van der Waals surface area (Å²) in [6.07, 6.45) is 4.76. The number of rotatable bonds is 5. The van der Waals surface area contributed by atoms with Crippen molar-refractivity contribution in [2.45, 2.75) is 6.61 Å². The fourth-order valence-corrected chi connectivity index (χ4v) is 3.41. The number of carbonyl (C=O) groups is 1. The molecule has 4 rings (SSSR count). The van der Waals surface area contributed by atoms with Gasteiger partial charge in [-0.05, 0) is 24.3 Å². The Hall–Kier alpha value is -3.34. The standard InChI is InChI=1S/C18H13BrF2N6O2/c1-26-8-11(15-13(16(22)28)17-23-5-2-6-27(17)25-15)14(24-26)10-7-9(19)3-4-12(10)29-18(20)21/h2-8,18H,1H3,(H2,22,28). The van der Waals surface area contributed by atoms with E-state index in [1.54, 1.807) is 37.6 Å². The topological polar surface area (TPSA) is 100 Å². The first-order valence-electron chi connectivity index (χ1n) is 8.27. The molecule has 0 aliphatic rings. The summed E-state index contributed by atoms with van der Waals surface area (Å²) in [5, 5.41) is 8.80. The van der Waals surface area contributed by atoms with E-state index in [4.69, 9.17) is 5.73 Å². The summed E-state index contributed by atoms with van der Waals surface area (Å²) in [4.78, 5) is 16.3. The molecule has 0 unspecified atom stereocenters. The highest BCUT2D eigenvalue weighted by Gasteiger charge is 2.26. The molecule has 0 spiro atoms. The van der Waals surface area contributed by atoms with Gasteiger partial charge in [-0.1, -0.05) is 15.9 Å². The van der Waals surface area contributed by atoms with Gasteiger partial charge >= 0.3 is 6.61 Å². The first kappa shape index (κ1) is 19.0. The van der Waals surface area contributed by atoms with E-state index in [2.05, 4.69) is 35.8 Å². The van der Waals surface area contributed by atoms with Gasteiger partial charge in [0.05, 0.1) is 0 Å². The Kier molecular flexibility index (Phi) is 4.74. The zero-order valence-corrected chi connectivity index (χ0v) is 16.5. The second kappa shape index (κ2) is 7.24. The normalized spacial score (nSPS) is 11.3. The van der Waals surface area contributed by atoms with Crippen molar-refractivity contribution in [2.24, 2.45) is 12.8 Å². The molecule has 0 atom stereocenters. The Bertz CT molecular complexity index is 1240. The number of amides is 1. The lowest BCUT2D eigenvalue weighted by Crippen LogP contribution is -2.12. The number of nitrogens with two attached hydrogens (primary N) is 1. The molecular formula is C18H13BrF2N6O2. The number of hydrogen-bond acceptors (Lipinski definition) is 5. The molecule has 1 amide bonds. The number of aryl methyl sites for hydroxylation is 1. The van der Waals surface area contributed by atoms with Gasteiger partial charge in [-0.25, -0.2) is 9.50 Å². The number of ether oxygens (including phenoxy) is 1. The fraction of sp³-hybridized carbons (Fsp3) is 0.111. The van der Waals surface area contributed by atoms with E-state index in [1.165, 1.54) is 21.5 Å². The molecule has 0 saturated carbocycles. The number of primary amides is 1. The smallest absolute Gasteiger partial charge is 0.387 e. The van der Waals surface area contributed by atoms with Crippen molar-refractivity contribution in [1.29, 1.82) is 0 Å². The van der Waals surface area contributed by atoms with Crippen molar-refractivity contribution >= 4 is 27.5 Å². The van der Waals surface area contributed by atoms with Gasteiger partial charge in [0.25, 0.3) is 5.91 Å². The van der Waals surface area contributed by atoms with Crippen LogP contribution in [0.4, 0.5) is 8.78 Å². The molecule has 4 aromatic rings. The van der Waals surface area contributed by atoms with Gasteiger partial charge < -0.3 is 10.5 Å². The summed E-state index contributed by atoms with van der Waals surface area (Å²) in [6, 6.07) is 6.24. The number of halogens is 3. The predicted molar refractivity (Wildman–Crippen MR) is 103 cm³/mol. The lowest BCUT2D eigenvalue weighted by atomic mass is 10.0. The molecule has 29 heavy (non-hydrogen) atoms. The van der Waals surface area contributed by atoms with E-state index in [-0.39, 0.29) is 22.7 Å². The zero-order valence-electron chi connectivity index (χ0n) is 14.9. The molecular weight excluding hydrogens is 450 g/mol. The van der Waals surface area contributed by atoms with Crippen molar-refractivity contribution < 1.29 is 18.3 Å². The van der Waals surface area contributed by atoms with Gasteiger partial charge in [0.2, 0.25) is 0 Å². The number of carbonyl (C=O) groups excluding carboxylic acids is 1. The number of fused-ring (bicyclic) bond motifs is 1. The highest BCUT2D eigenvalue weighted by atomic mass is 79.9. The minimum atomic E-state index is -3.01. The predicted octanol–water partition coefficient (Wildman–Crippen LogP) is 3.26. The first-order chi connectivity index (χ1) is 13.8. The van der Waals surface area contributed by atoms with Crippen LogP contribution in [-0.4, -0.2) is 36.9 Å². The first-order valence-corrected chi connectivity index (χ1v) is 9.06. The molecule has 3 heterocycles. The molecule has 0 bridgehead atoms. The number of nitrogens with zero attached hydrogens (tertiary/aromatic N) is 5. The van der Waals surface area contributed by atoms with Gasteiger partial charge in [-0.2, -0.15) is 19.0 Å². The van der Waals surface area contributed by atoms with Crippen LogP contribution < -0.4 is 10.5 Å². The quantitative estimate of drug-likeness (QED) is 0.490. The summed E-state index contributed by atoms with van der Waals surface area (Å²) < 4.78 is 34.0. The Morgan fingerprint density at radius 1 is 1.24 bits per heavy atom. The number of aromatic nitrogens is 5. The average Bonchev–Trinajstić information content (AvgIpc) is 3.23. The third-order valence-electron chi connectivity index (χ3n) is 4.14. The number of benzene rings is 1. The van der Waals surface area contributed by atoms with E-state index in [0.717, 1.165) is 0 Å². The third-order valence-corrected chi connectivity index (χ3v) is 4.63. The van der Waals surface area contributed by atoms with Crippen LogP contribution in [0.1, 0.15) is 10.4 Å². The van der Waals surface area contributed by atoms with Crippen LogP contribution in [0.5, 0.6) is 5.75 Å². The van der Waals surface area contributed by atoms with Crippen LogP contribution in [0.2, 0.25) is 0 Å². The molecule has 0 aliphatic heterocycles. The van der Waals surface area contributed by atoms with Crippen molar-refractivity contribution in [3.8, 4) is 28.3 Å². The molecule has 0 radical (unpaired) electrons. The summed E-state index contributed by atoms with van der Waals surface area (Å²) in [5.41, 5.74) is 7.23. The van der Waals surface area contributed by atoms with Gasteiger partial charge in [0.15, 0.2) is 5.65 Å². The molecule has 148 valence electrons. The minimum absolute atomic E-state index is 0.0642. The van der Waals surface area contributed by atoms with Crippen molar-refractivity contribution in [1.82, 2.24) is 24.4 Å². The van der Waals surface area contributed by atoms with E-state index in [0.29, 0.717) is 21.3 Å². The SMILES string of the molecule is Cn1cc(-c2nn3cccnc3c2C(N)=O)c(-c2cc(Br)ccc2OC(F)F)n1. The molecule has 0 aliphatic carbocycles. The number of hydrogen-bond donors (Lipinski definition) is 1. The van der Waals surface area contributed by atoms with Crippen LogP contribution in [0.3, 0.4) is 0 Å². The summed E-state index contributed by atoms with van der Waals surface area (Å²) in [7, 11) is 1.66. The summed E-state index contributed by atoms with van der Waals surface area (Å²) in [5.74, 6) is -0.785. The van der Waals surface area contributed by atoms with E-state index >= 15 is 0 Å². The van der Waals surface area contributed by atoms with Crippen LogP contribution in [-0.2, 0) is 7.05 Å². The lowest BCUT2D eigenvalue weighted by molar-refractivity contribution is -0.0494. The van der Waals surface area contributed by atoms with E-state index < -0.39 is 12.5 Å². The molecule has 3 aromatic heterocycles. The fourth-order valence-electron chi connectivity index (χ4n) is 3.05. The Balaban J connectivity index is 2.00. The average molecular weight is 463 g/mol. The molecule has 2 N–H and O–H groups in total.